The molecule has 9 nitrogen and oxygen atoms in total. The highest BCUT2D eigenvalue weighted by molar-refractivity contribution is 6.43. The lowest BCUT2D eigenvalue weighted by Crippen LogP contribution is -2.30. The second-order valence-electron chi connectivity index (χ2n) is 6.92. The summed E-state index contributed by atoms with van der Waals surface area (Å²) >= 11 is 0. The number of aromatic nitrogens is 4. The molecule has 0 spiro atoms. The zero-order chi connectivity index (χ0) is 21.0. The van der Waals surface area contributed by atoms with E-state index < -0.39 is 11.8 Å². The molecule has 2 amide bonds. The van der Waals surface area contributed by atoms with Crippen LogP contribution in [0.4, 0.5) is 11.5 Å². The number of hydrogen-bond acceptors (Lipinski definition) is 6. The minimum Gasteiger partial charge on any atom is -0.318 e. The summed E-state index contributed by atoms with van der Waals surface area (Å²) < 4.78 is 1.38. The summed E-state index contributed by atoms with van der Waals surface area (Å²) in [5, 5.41) is 9.27. The van der Waals surface area contributed by atoms with Crippen LogP contribution < -0.4 is 10.6 Å². The van der Waals surface area contributed by atoms with Crippen LogP contribution in [0, 0.1) is 13.8 Å². The van der Waals surface area contributed by atoms with Gasteiger partial charge in [0.05, 0.1) is 6.20 Å². The van der Waals surface area contributed by atoms with E-state index in [-0.39, 0.29) is 0 Å². The Morgan fingerprint density at radius 1 is 0.966 bits per heavy atom. The van der Waals surface area contributed by atoms with Gasteiger partial charge >= 0.3 is 11.8 Å². The Balaban J connectivity index is 1.68. The minimum absolute atomic E-state index is 0.302. The Kier molecular flexibility index (Phi) is 5.99. The second-order valence-corrected chi connectivity index (χ2v) is 6.92. The van der Waals surface area contributed by atoms with Crippen molar-refractivity contribution in [1.82, 2.24) is 24.6 Å². The van der Waals surface area contributed by atoms with E-state index in [2.05, 4.69) is 25.7 Å². The third-order valence-electron chi connectivity index (χ3n) is 3.96. The van der Waals surface area contributed by atoms with Crippen molar-refractivity contribution < 1.29 is 9.59 Å². The first kappa shape index (κ1) is 20.2. The number of nitrogens with one attached hydrogen (secondary N) is 2. The van der Waals surface area contributed by atoms with Crippen molar-refractivity contribution >= 4 is 23.3 Å². The van der Waals surface area contributed by atoms with Gasteiger partial charge in [0, 0.05) is 29.7 Å². The molecule has 0 saturated heterocycles. The highest BCUT2D eigenvalue weighted by Gasteiger charge is 2.17. The van der Waals surface area contributed by atoms with Crippen LogP contribution in [0.5, 0.6) is 0 Å². The Hall–Kier alpha value is -3.59. The Bertz CT molecular complexity index is 1010. The molecule has 0 saturated carbocycles. The van der Waals surface area contributed by atoms with Gasteiger partial charge in [0.15, 0.2) is 0 Å². The fourth-order valence-electron chi connectivity index (χ4n) is 2.78. The maximum Gasteiger partial charge on any atom is 0.315 e. The third-order valence-corrected chi connectivity index (χ3v) is 3.96. The number of hydrogen-bond donors (Lipinski definition) is 2. The molecule has 2 heterocycles. The van der Waals surface area contributed by atoms with Crippen molar-refractivity contribution in [1.29, 1.82) is 0 Å². The molecule has 29 heavy (non-hydrogen) atoms. The van der Waals surface area contributed by atoms with Gasteiger partial charge in [-0.15, -0.1) is 0 Å². The first-order chi connectivity index (χ1) is 13.8. The first-order valence-electron chi connectivity index (χ1n) is 9.04. The lowest BCUT2D eigenvalue weighted by molar-refractivity contribution is -0.133. The predicted octanol–water partition coefficient (Wildman–Crippen LogP) is 1.92. The van der Waals surface area contributed by atoms with E-state index in [1.54, 1.807) is 18.2 Å². The van der Waals surface area contributed by atoms with E-state index in [1.807, 2.05) is 51.0 Å². The van der Waals surface area contributed by atoms with Crippen LogP contribution in [-0.4, -0.2) is 50.6 Å². The molecule has 0 radical (unpaired) electrons. The van der Waals surface area contributed by atoms with Gasteiger partial charge in [-0.05, 0) is 51.7 Å². The van der Waals surface area contributed by atoms with Crippen LogP contribution in [-0.2, 0) is 16.1 Å². The molecule has 0 aliphatic carbocycles. The van der Waals surface area contributed by atoms with Crippen molar-refractivity contribution in [2.45, 2.75) is 20.4 Å². The van der Waals surface area contributed by atoms with E-state index in [4.69, 9.17) is 0 Å². The summed E-state index contributed by atoms with van der Waals surface area (Å²) in [7, 11) is 3.96. The summed E-state index contributed by atoms with van der Waals surface area (Å²) in [6.07, 6.45) is 1.50. The average Bonchev–Trinajstić information content (AvgIpc) is 3.10. The molecular formula is C20H23N7O2. The lowest BCUT2D eigenvalue weighted by atomic mass is 10.2. The van der Waals surface area contributed by atoms with Gasteiger partial charge in [0.2, 0.25) is 0 Å². The fourth-order valence-corrected chi connectivity index (χ4v) is 2.78. The predicted molar refractivity (Wildman–Crippen MR) is 110 cm³/mol. The van der Waals surface area contributed by atoms with E-state index in [0.717, 1.165) is 23.5 Å². The van der Waals surface area contributed by atoms with Gasteiger partial charge in [-0.1, -0.05) is 12.1 Å². The number of anilines is 2. The quantitative estimate of drug-likeness (QED) is 0.642. The van der Waals surface area contributed by atoms with Crippen molar-refractivity contribution in [3.63, 3.8) is 0 Å². The Labute approximate surface area is 168 Å². The van der Waals surface area contributed by atoms with E-state index >= 15 is 0 Å². The van der Waals surface area contributed by atoms with Gasteiger partial charge in [0.1, 0.15) is 5.82 Å². The van der Waals surface area contributed by atoms with E-state index in [1.165, 1.54) is 10.9 Å². The number of rotatable bonds is 5. The highest BCUT2D eigenvalue weighted by atomic mass is 16.2. The van der Waals surface area contributed by atoms with E-state index in [0.29, 0.717) is 17.5 Å². The standard InChI is InChI=1S/C20H23N7O2/c1-13-11-14(2)23-20(22-13)27-17(9-10-21-27)25-19(29)18(28)24-16-7-5-15(6-8-16)12-26(3)4/h5-11H,12H2,1-4H3,(H,24,28)(H,25,29). The molecule has 0 aliphatic heterocycles. The van der Waals surface area contributed by atoms with E-state index in [9.17, 15) is 9.59 Å². The summed E-state index contributed by atoms with van der Waals surface area (Å²) in [4.78, 5) is 35.3. The molecular weight excluding hydrogens is 370 g/mol. The largest absolute Gasteiger partial charge is 0.318 e. The van der Waals surface area contributed by atoms with Crippen molar-refractivity contribution in [2.75, 3.05) is 24.7 Å². The fraction of sp³-hybridized carbons (Fsp3) is 0.250. The normalized spacial score (nSPS) is 10.8. The molecule has 0 fully saturated rings. The molecule has 2 aromatic heterocycles. The first-order valence-corrected chi connectivity index (χ1v) is 9.04. The zero-order valence-corrected chi connectivity index (χ0v) is 16.8. The number of carbonyl (C=O) groups is 2. The summed E-state index contributed by atoms with van der Waals surface area (Å²) in [6, 6.07) is 10.7. The highest BCUT2D eigenvalue weighted by Crippen LogP contribution is 2.14. The number of benzene rings is 1. The molecule has 2 N–H and O–H groups in total. The van der Waals surface area contributed by atoms with Gasteiger partial charge in [0.25, 0.3) is 5.95 Å². The summed E-state index contributed by atoms with van der Waals surface area (Å²) in [5.74, 6) is -0.968. The summed E-state index contributed by atoms with van der Waals surface area (Å²) in [6.45, 7) is 4.48. The van der Waals surface area contributed by atoms with Crippen LogP contribution in [0.1, 0.15) is 17.0 Å². The monoisotopic (exact) mass is 393 g/mol. The van der Waals surface area contributed by atoms with Gasteiger partial charge in [-0.3, -0.25) is 9.59 Å². The molecule has 9 heteroatoms. The van der Waals surface area contributed by atoms with Gasteiger partial charge < -0.3 is 15.5 Å². The Morgan fingerprint density at radius 3 is 2.21 bits per heavy atom. The maximum absolute atomic E-state index is 12.3. The van der Waals surface area contributed by atoms with Crippen LogP contribution in [0.3, 0.4) is 0 Å². The smallest absolute Gasteiger partial charge is 0.315 e. The molecule has 0 aliphatic rings. The SMILES string of the molecule is Cc1cc(C)nc(-n2nccc2NC(=O)C(=O)Nc2ccc(CN(C)C)cc2)n1. The van der Waals surface area contributed by atoms with Crippen LogP contribution in [0.15, 0.2) is 42.6 Å². The maximum atomic E-state index is 12.3. The molecule has 0 bridgehead atoms. The second kappa shape index (κ2) is 8.61. The van der Waals surface area contributed by atoms with Crippen molar-refractivity contribution in [3.05, 3.63) is 59.5 Å². The molecule has 1 aromatic carbocycles. The van der Waals surface area contributed by atoms with Crippen LogP contribution in [0.2, 0.25) is 0 Å². The summed E-state index contributed by atoms with van der Waals surface area (Å²) in [5.41, 5.74) is 3.19. The molecule has 0 atom stereocenters. The van der Waals surface area contributed by atoms with Gasteiger partial charge in [-0.2, -0.15) is 9.78 Å². The number of carbonyl (C=O) groups excluding carboxylic acids is 2. The molecule has 150 valence electrons. The molecule has 3 aromatic rings. The zero-order valence-electron chi connectivity index (χ0n) is 16.8. The molecule has 0 unspecified atom stereocenters. The molecule has 3 rings (SSSR count). The number of aryl methyl sites for hydroxylation is 2. The average molecular weight is 393 g/mol. The Morgan fingerprint density at radius 2 is 1.59 bits per heavy atom. The minimum atomic E-state index is -0.812. The van der Waals surface area contributed by atoms with Crippen LogP contribution in [0.25, 0.3) is 5.95 Å². The topological polar surface area (TPSA) is 105 Å². The number of amides is 2. The number of nitrogens with zero attached hydrogens (tertiary/aromatic N) is 5. The van der Waals surface area contributed by atoms with Crippen molar-refractivity contribution in [2.24, 2.45) is 0 Å². The van der Waals surface area contributed by atoms with Crippen molar-refractivity contribution in [3.8, 4) is 5.95 Å². The van der Waals surface area contributed by atoms with Gasteiger partial charge in [-0.25, -0.2) is 9.97 Å². The lowest BCUT2D eigenvalue weighted by Gasteiger charge is -2.11. The van der Waals surface area contributed by atoms with Crippen LogP contribution >= 0.6 is 0 Å². The third kappa shape index (κ3) is 5.23.